The highest BCUT2D eigenvalue weighted by molar-refractivity contribution is 5.96. The molecule has 1 aliphatic heterocycles. The van der Waals surface area contributed by atoms with E-state index in [2.05, 4.69) is 16.8 Å². The molecular weight excluding hydrogens is 396 g/mol. The van der Waals surface area contributed by atoms with Gasteiger partial charge in [-0.15, -0.1) is 0 Å². The lowest BCUT2D eigenvalue weighted by Gasteiger charge is -2.32. The number of methoxy groups -OCH3 is 2. The zero-order valence-electron chi connectivity index (χ0n) is 17.8. The van der Waals surface area contributed by atoms with Crippen molar-refractivity contribution >= 4 is 16.9 Å². The van der Waals surface area contributed by atoms with Crippen molar-refractivity contribution in [3.8, 4) is 17.0 Å². The van der Waals surface area contributed by atoms with E-state index in [-0.39, 0.29) is 11.6 Å². The van der Waals surface area contributed by atoms with E-state index < -0.39 is 11.4 Å². The summed E-state index contributed by atoms with van der Waals surface area (Å²) in [4.78, 5) is 24.1. The van der Waals surface area contributed by atoms with Gasteiger partial charge in [-0.2, -0.15) is 0 Å². The van der Waals surface area contributed by atoms with Crippen LogP contribution in [0.1, 0.15) is 41.2 Å². The fourth-order valence-corrected chi connectivity index (χ4v) is 4.97. The standard InChI is InChI=1S/C24H26N2O5/c1-30-9-3-7-25-8-6-15-16-10-19(14-4-5-14)26-13-18(24(28)29)21(27)12-20(26)17(16)11-22(31-2)23(15)25/h6,8,11-14,19H,3-5,7,9-10H2,1-2H3,(H,28,29). The second-order valence-corrected chi connectivity index (χ2v) is 8.48. The van der Waals surface area contributed by atoms with Gasteiger partial charge < -0.3 is 23.7 Å². The normalized spacial score (nSPS) is 17.4. The number of carbonyl (C=O) groups is 1. The highest BCUT2D eigenvalue weighted by atomic mass is 16.5. The van der Waals surface area contributed by atoms with Crippen LogP contribution in [0, 0.1) is 5.92 Å². The number of hydrogen-bond acceptors (Lipinski definition) is 4. The van der Waals surface area contributed by atoms with E-state index in [0.717, 1.165) is 60.1 Å². The van der Waals surface area contributed by atoms with Crippen molar-refractivity contribution in [2.24, 2.45) is 5.92 Å². The molecule has 1 saturated carbocycles. The molecule has 0 saturated heterocycles. The largest absolute Gasteiger partial charge is 0.495 e. The minimum Gasteiger partial charge on any atom is -0.495 e. The smallest absolute Gasteiger partial charge is 0.341 e. The van der Waals surface area contributed by atoms with E-state index in [1.807, 2.05) is 10.6 Å². The maximum atomic E-state index is 12.6. The molecule has 31 heavy (non-hydrogen) atoms. The number of ether oxygens (including phenoxy) is 2. The second kappa shape index (κ2) is 7.57. The van der Waals surface area contributed by atoms with Crippen molar-refractivity contribution in [2.45, 2.75) is 38.3 Å². The maximum Gasteiger partial charge on any atom is 0.341 e. The Labute approximate surface area is 179 Å². The summed E-state index contributed by atoms with van der Waals surface area (Å²) >= 11 is 0. The highest BCUT2D eigenvalue weighted by Gasteiger charge is 2.38. The van der Waals surface area contributed by atoms with Crippen LogP contribution in [0.25, 0.3) is 22.2 Å². The monoisotopic (exact) mass is 422 g/mol. The summed E-state index contributed by atoms with van der Waals surface area (Å²) in [6.45, 7) is 1.52. The zero-order chi connectivity index (χ0) is 21.7. The van der Waals surface area contributed by atoms with Crippen LogP contribution in [0.2, 0.25) is 0 Å². The van der Waals surface area contributed by atoms with Crippen molar-refractivity contribution in [1.29, 1.82) is 0 Å². The van der Waals surface area contributed by atoms with Crippen LogP contribution in [0.5, 0.6) is 5.75 Å². The van der Waals surface area contributed by atoms with Crippen molar-refractivity contribution in [2.75, 3.05) is 20.8 Å². The van der Waals surface area contributed by atoms with Gasteiger partial charge in [0.05, 0.1) is 18.3 Å². The topological polar surface area (TPSA) is 82.7 Å². The van der Waals surface area contributed by atoms with Crippen LogP contribution >= 0.6 is 0 Å². The Balaban J connectivity index is 1.72. The fourth-order valence-electron chi connectivity index (χ4n) is 4.97. The lowest BCUT2D eigenvalue weighted by molar-refractivity contribution is 0.0694. The summed E-state index contributed by atoms with van der Waals surface area (Å²) in [5.74, 6) is 0.0844. The second-order valence-electron chi connectivity index (χ2n) is 8.48. The van der Waals surface area contributed by atoms with Crippen molar-refractivity contribution < 1.29 is 19.4 Å². The summed E-state index contributed by atoms with van der Waals surface area (Å²) in [6, 6.07) is 5.78. The first kappa shape index (κ1) is 19.9. The molecule has 0 amide bonds. The van der Waals surface area contributed by atoms with Crippen molar-refractivity contribution in [3.05, 3.63) is 51.9 Å². The average Bonchev–Trinajstić information content (AvgIpc) is 3.52. The first-order chi connectivity index (χ1) is 15.0. The van der Waals surface area contributed by atoms with Crippen LogP contribution in [0.4, 0.5) is 0 Å². The molecule has 1 aliphatic carbocycles. The molecule has 3 aromatic rings. The van der Waals surface area contributed by atoms with Crippen molar-refractivity contribution in [3.63, 3.8) is 0 Å². The molecule has 0 bridgehead atoms. The first-order valence-electron chi connectivity index (χ1n) is 10.7. The molecule has 0 spiro atoms. The average molecular weight is 422 g/mol. The Kier molecular flexibility index (Phi) is 4.85. The molecule has 162 valence electrons. The first-order valence-corrected chi connectivity index (χ1v) is 10.7. The summed E-state index contributed by atoms with van der Waals surface area (Å²) in [7, 11) is 3.36. The van der Waals surface area contributed by atoms with Crippen LogP contribution < -0.4 is 10.2 Å². The molecule has 7 heteroatoms. The molecule has 3 heterocycles. The van der Waals surface area contributed by atoms with Gasteiger partial charge >= 0.3 is 5.97 Å². The van der Waals surface area contributed by atoms with Gasteiger partial charge in [0.2, 0.25) is 0 Å². The number of carboxylic acid groups (broad SMARTS) is 1. The van der Waals surface area contributed by atoms with E-state index in [4.69, 9.17) is 9.47 Å². The third kappa shape index (κ3) is 3.24. The summed E-state index contributed by atoms with van der Waals surface area (Å²) in [6.07, 6.45) is 7.61. The molecule has 1 fully saturated rings. The summed E-state index contributed by atoms with van der Waals surface area (Å²) < 4.78 is 15.2. The number of nitrogens with zero attached hydrogens (tertiary/aromatic N) is 2. The summed E-state index contributed by atoms with van der Waals surface area (Å²) in [5.41, 5.74) is 3.36. The Hall–Kier alpha value is -3.06. The number of hydrogen-bond donors (Lipinski definition) is 1. The molecular formula is C24H26N2O5. The lowest BCUT2D eigenvalue weighted by Crippen LogP contribution is -2.26. The summed E-state index contributed by atoms with van der Waals surface area (Å²) in [5, 5.41) is 10.6. The minimum absolute atomic E-state index is 0.162. The maximum absolute atomic E-state index is 12.6. The van der Waals surface area contributed by atoms with Crippen LogP contribution in [-0.2, 0) is 17.7 Å². The predicted octanol–water partition coefficient (Wildman–Crippen LogP) is 3.72. The number of aromatic nitrogens is 2. The van der Waals surface area contributed by atoms with Gasteiger partial charge in [0.1, 0.15) is 11.3 Å². The van der Waals surface area contributed by atoms with Crippen LogP contribution in [0.3, 0.4) is 0 Å². The minimum atomic E-state index is -1.18. The Bertz CT molecular complexity index is 1230. The van der Waals surface area contributed by atoms with Gasteiger partial charge in [0.15, 0.2) is 5.43 Å². The van der Waals surface area contributed by atoms with Crippen LogP contribution in [-0.4, -0.2) is 41.0 Å². The molecule has 2 aliphatic rings. The molecule has 5 rings (SSSR count). The van der Waals surface area contributed by atoms with Gasteiger partial charge in [0, 0.05) is 55.7 Å². The lowest BCUT2D eigenvalue weighted by atomic mass is 9.87. The molecule has 1 unspecified atom stereocenters. The van der Waals surface area contributed by atoms with E-state index >= 15 is 0 Å². The van der Waals surface area contributed by atoms with Crippen LogP contribution in [0.15, 0.2) is 35.4 Å². The van der Waals surface area contributed by atoms with Gasteiger partial charge in [-0.05, 0) is 49.3 Å². The number of benzene rings is 1. The molecule has 0 radical (unpaired) electrons. The van der Waals surface area contributed by atoms with Gasteiger partial charge in [-0.1, -0.05) is 0 Å². The Morgan fingerprint density at radius 2 is 2.06 bits per heavy atom. The van der Waals surface area contributed by atoms with E-state index in [9.17, 15) is 14.7 Å². The Morgan fingerprint density at radius 3 is 2.74 bits per heavy atom. The third-order valence-corrected chi connectivity index (χ3v) is 6.61. The molecule has 1 aromatic carbocycles. The van der Waals surface area contributed by atoms with E-state index in [1.54, 1.807) is 20.4 Å². The number of pyridine rings is 1. The number of aromatic carboxylic acids is 1. The van der Waals surface area contributed by atoms with Crippen molar-refractivity contribution in [1.82, 2.24) is 9.13 Å². The number of aryl methyl sites for hydroxylation is 1. The highest BCUT2D eigenvalue weighted by Crippen LogP contribution is 2.49. The van der Waals surface area contributed by atoms with Gasteiger partial charge in [-0.3, -0.25) is 4.79 Å². The van der Waals surface area contributed by atoms with Gasteiger partial charge in [-0.25, -0.2) is 4.79 Å². The van der Waals surface area contributed by atoms with Gasteiger partial charge in [0.25, 0.3) is 0 Å². The molecule has 7 nitrogen and oxygen atoms in total. The molecule has 2 aromatic heterocycles. The van der Waals surface area contributed by atoms with E-state index in [0.29, 0.717) is 12.5 Å². The zero-order valence-corrected chi connectivity index (χ0v) is 17.8. The molecule has 1 N–H and O–H groups in total. The number of fused-ring (bicyclic) bond motifs is 5. The number of rotatable bonds is 7. The Morgan fingerprint density at radius 1 is 1.26 bits per heavy atom. The predicted molar refractivity (Wildman–Crippen MR) is 117 cm³/mol. The number of carboxylic acids is 1. The SMILES string of the molecule is COCCCn1ccc2c3c(cc(OC)c21)-c1cc(=O)c(C(=O)O)cn1C(C1CC1)C3. The quantitative estimate of drug-likeness (QED) is 0.587. The fraction of sp³-hybridized carbons (Fsp3) is 0.417. The van der Waals surface area contributed by atoms with E-state index in [1.165, 1.54) is 11.6 Å². The third-order valence-electron chi connectivity index (χ3n) is 6.61. The molecule has 1 atom stereocenters.